The van der Waals surface area contributed by atoms with E-state index in [2.05, 4.69) is 6.92 Å². The van der Waals surface area contributed by atoms with Crippen molar-refractivity contribution in [1.82, 2.24) is 4.90 Å². The average molecular weight is 277 g/mol. The zero-order valence-corrected chi connectivity index (χ0v) is 11.5. The van der Waals surface area contributed by atoms with Crippen molar-refractivity contribution >= 4 is 11.9 Å². The Morgan fingerprint density at radius 3 is 2.60 bits per heavy atom. The van der Waals surface area contributed by atoms with Crippen molar-refractivity contribution in [2.45, 2.75) is 19.8 Å². The molecule has 0 radical (unpaired) electrons. The number of carboxylic acid groups (broad SMARTS) is 1. The van der Waals surface area contributed by atoms with Gasteiger partial charge < -0.3 is 14.7 Å². The Kier molecular flexibility index (Phi) is 4.61. The summed E-state index contributed by atoms with van der Waals surface area (Å²) < 4.78 is 5.44. The molecule has 1 saturated heterocycles. The van der Waals surface area contributed by atoms with Gasteiger partial charge >= 0.3 is 5.97 Å². The van der Waals surface area contributed by atoms with Gasteiger partial charge in [0.2, 0.25) is 0 Å². The lowest BCUT2D eigenvalue weighted by Crippen LogP contribution is -2.33. The molecule has 0 unspecified atom stereocenters. The van der Waals surface area contributed by atoms with Gasteiger partial charge in [0.25, 0.3) is 5.91 Å². The first-order valence-corrected chi connectivity index (χ1v) is 6.82. The van der Waals surface area contributed by atoms with Crippen molar-refractivity contribution in [3.8, 4) is 5.75 Å². The first-order chi connectivity index (χ1) is 9.60. The van der Waals surface area contributed by atoms with Gasteiger partial charge in [-0.25, -0.2) is 0 Å². The Bertz CT molecular complexity index is 483. The molecule has 1 fully saturated rings. The topological polar surface area (TPSA) is 66.8 Å². The normalized spacial score (nSPS) is 18.1. The SMILES string of the molecule is CCc1ccc(OCC(=O)N2CC[C@@H](C(=O)O)C2)cc1. The summed E-state index contributed by atoms with van der Waals surface area (Å²) in [5, 5.41) is 8.90. The highest BCUT2D eigenvalue weighted by Gasteiger charge is 2.30. The molecule has 0 aliphatic carbocycles. The minimum Gasteiger partial charge on any atom is -0.484 e. The maximum atomic E-state index is 11.9. The standard InChI is InChI=1S/C15H19NO4/c1-2-11-3-5-13(6-4-11)20-10-14(17)16-8-7-12(9-16)15(18)19/h3-6,12H,2,7-10H2,1H3,(H,18,19)/t12-/m1/s1. The first kappa shape index (κ1) is 14.4. The molecular formula is C15H19NO4. The highest BCUT2D eigenvalue weighted by Crippen LogP contribution is 2.17. The third-order valence-electron chi connectivity index (χ3n) is 3.58. The number of rotatable bonds is 5. The van der Waals surface area contributed by atoms with Gasteiger partial charge in [-0.3, -0.25) is 9.59 Å². The molecule has 20 heavy (non-hydrogen) atoms. The molecule has 1 aliphatic heterocycles. The van der Waals surface area contributed by atoms with Crippen LogP contribution in [0.4, 0.5) is 0 Å². The predicted octanol–water partition coefficient (Wildman–Crippen LogP) is 1.56. The zero-order chi connectivity index (χ0) is 14.5. The number of amides is 1. The van der Waals surface area contributed by atoms with Crippen LogP contribution in [0.5, 0.6) is 5.75 Å². The van der Waals surface area contributed by atoms with Gasteiger partial charge in [0.1, 0.15) is 5.75 Å². The fourth-order valence-electron chi connectivity index (χ4n) is 2.25. The zero-order valence-electron chi connectivity index (χ0n) is 11.5. The molecular weight excluding hydrogens is 258 g/mol. The molecule has 2 rings (SSSR count). The number of hydrogen-bond acceptors (Lipinski definition) is 3. The number of benzene rings is 1. The van der Waals surface area contributed by atoms with E-state index in [-0.39, 0.29) is 19.1 Å². The summed E-state index contributed by atoms with van der Waals surface area (Å²) in [6, 6.07) is 7.62. The summed E-state index contributed by atoms with van der Waals surface area (Å²) in [6.45, 7) is 2.81. The van der Waals surface area contributed by atoms with Crippen LogP contribution in [-0.4, -0.2) is 41.6 Å². The van der Waals surface area contributed by atoms with Crippen LogP contribution in [0, 0.1) is 5.92 Å². The number of aryl methyl sites for hydroxylation is 1. The van der Waals surface area contributed by atoms with Gasteiger partial charge in [0, 0.05) is 13.1 Å². The van der Waals surface area contributed by atoms with Gasteiger partial charge in [-0.05, 0) is 30.5 Å². The molecule has 5 heteroatoms. The van der Waals surface area contributed by atoms with Gasteiger partial charge in [-0.1, -0.05) is 19.1 Å². The highest BCUT2D eigenvalue weighted by molar-refractivity contribution is 5.80. The van der Waals surface area contributed by atoms with E-state index in [1.807, 2.05) is 24.3 Å². The second-order valence-electron chi connectivity index (χ2n) is 4.95. The summed E-state index contributed by atoms with van der Waals surface area (Å²) in [5.41, 5.74) is 1.22. The van der Waals surface area contributed by atoms with E-state index in [0.717, 1.165) is 6.42 Å². The van der Waals surface area contributed by atoms with Crippen LogP contribution in [-0.2, 0) is 16.0 Å². The van der Waals surface area contributed by atoms with Gasteiger partial charge in [-0.15, -0.1) is 0 Å². The van der Waals surface area contributed by atoms with Crippen molar-refractivity contribution in [2.24, 2.45) is 5.92 Å². The van der Waals surface area contributed by atoms with E-state index in [0.29, 0.717) is 18.7 Å². The lowest BCUT2D eigenvalue weighted by Gasteiger charge is -2.16. The Morgan fingerprint density at radius 2 is 2.05 bits per heavy atom. The largest absolute Gasteiger partial charge is 0.484 e. The smallest absolute Gasteiger partial charge is 0.308 e. The van der Waals surface area contributed by atoms with Crippen LogP contribution < -0.4 is 4.74 Å². The van der Waals surface area contributed by atoms with E-state index >= 15 is 0 Å². The van der Waals surface area contributed by atoms with Crippen LogP contribution in [0.2, 0.25) is 0 Å². The lowest BCUT2D eigenvalue weighted by atomic mass is 10.1. The van der Waals surface area contributed by atoms with Crippen LogP contribution in [0.3, 0.4) is 0 Å². The van der Waals surface area contributed by atoms with Crippen LogP contribution in [0.1, 0.15) is 18.9 Å². The van der Waals surface area contributed by atoms with Crippen molar-refractivity contribution in [2.75, 3.05) is 19.7 Å². The molecule has 0 bridgehead atoms. The van der Waals surface area contributed by atoms with Crippen molar-refractivity contribution in [3.05, 3.63) is 29.8 Å². The van der Waals surface area contributed by atoms with Crippen molar-refractivity contribution in [3.63, 3.8) is 0 Å². The molecule has 5 nitrogen and oxygen atoms in total. The Hall–Kier alpha value is -2.04. The van der Waals surface area contributed by atoms with Gasteiger partial charge in [0.05, 0.1) is 5.92 Å². The number of aliphatic carboxylic acids is 1. The third kappa shape index (κ3) is 3.50. The average Bonchev–Trinajstić information content (AvgIpc) is 2.95. The van der Waals surface area contributed by atoms with Crippen LogP contribution in [0.15, 0.2) is 24.3 Å². The molecule has 0 spiro atoms. The minimum atomic E-state index is -0.837. The Labute approximate surface area is 118 Å². The molecule has 1 amide bonds. The highest BCUT2D eigenvalue weighted by atomic mass is 16.5. The van der Waals surface area contributed by atoms with Gasteiger partial charge in [-0.2, -0.15) is 0 Å². The van der Waals surface area contributed by atoms with Gasteiger partial charge in [0.15, 0.2) is 6.61 Å². The molecule has 1 aromatic carbocycles. The summed E-state index contributed by atoms with van der Waals surface area (Å²) in [4.78, 5) is 24.3. The second kappa shape index (κ2) is 6.41. The Balaban J connectivity index is 1.81. The number of hydrogen-bond donors (Lipinski definition) is 1. The number of carboxylic acids is 1. The number of carbonyl (C=O) groups excluding carboxylic acids is 1. The third-order valence-corrected chi connectivity index (χ3v) is 3.58. The molecule has 1 aliphatic rings. The molecule has 108 valence electrons. The summed E-state index contributed by atoms with van der Waals surface area (Å²) in [7, 11) is 0. The number of likely N-dealkylation sites (tertiary alicyclic amines) is 1. The molecule has 0 saturated carbocycles. The summed E-state index contributed by atoms with van der Waals surface area (Å²) in [6.07, 6.45) is 1.48. The second-order valence-corrected chi connectivity index (χ2v) is 4.95. The van der Waals surface area contributed by atoms with Crippen molar-refractivity contribution < 1.29 is 19.4 Å². The lowest BCUT2D eigenvalue weighted by molar-refractivity contribution is -0.141. The fraction of sp³-hybridized carbons (Fsp3) is 0.467. The number of nitrogens with zero attached hydrogens (tertiary/aromatic N) is 1. The molecule has 1 atom stereocenters. The van der Waals surface area contributed by atoms with E-state index < -0.39 is 11.9 Å². The molecule has 1 aromatic rings. The molecule has 1 heterocycles. The van der Waals surface area contributed by atoms with E-state index in [4.69, 9.17) is 9.84 Å². The first-order valence-electron chi connectivity index (χ1n) is 6.82. The summed E-state index contributed by atoms with van der Waals surface area (Å²) >= 11 is 0. The van der Waals surface area contributed by atoms with E-state index in [1.54, 1.807) is 4.90 Å². The van der Waals surface area contributed by atoms with E-state index in [1.165, 1.54) is 5.56 Å². The minimum absolute atomic E-state index is 0.0438. The molecule has 0 aromatic heterocycles. The van der Waals surface area contributed by atoms with Crippen LogP contribution >= 0.6 is 0 Å². The molecule has 1 N–H and O–H groups in total. The Morgan fingerprint density at radius 1 is 1.35 bits per heavy atom. The maximum Gasteiger partial charge on any atom is 0.308 e. The number of ether oxygens (including phenoxy) is 1. The van der Waals surface area contributed by atoms with Crippen molar-refractivity contribution in [1.29, 1.82) is 0 Å². The maximum absolute atomic E-state index is 11.9. The fourth-order valence-corrected chi connectivity index (χ4v) is 2.25. The monoisotopic (exact) mass is 277 g/mol. The quantitative estimate of drug-likeness (QED) is 0.887. The van der Waals surface area contributed by atoms with Crippen LogP contribution in [0.25, 0.3) is 0 Å². The van der Waals surface area contributed by atoms with E-state index in [9.17, 15) is 9.59 Å². The number of carbonyl (C=O) groups is 2. The summed E-state index contributed by atoms with van der Waals surface area (Å²) in [5.74, 6) is -0.781. The predicted molar refractivity (Wildman–Crippen MR) is 73.6 cm³/mol.